The third-order valence-corrected chi connectivity index (χ3v) is 7.00. The first kappa shape index (κ1) is 19.6. The van der Waals surface area contributed by atoms with Crippen LogP contribution in [0.1, 0.15) is 20.3 Å². The molecule has 0 spiro atoms. The van der Waals surface area contributed by atoms with Crippen molar-refractivity contribution in [2.45, 2.75) is 25.2 Å². The summed E-state index contributed by atoms with van der Waals surface area (Å²) in [5.41, 5.74) is 0.680. The average Bonchev–Trinajstić information content (AvgIpc) is 2.70. The van der Waals surface area contributed by atoms with Gasteiger partial charge in [-0.05, 0) is 31.5 Å². The molecular formula is C20H30N4O2S+2. The smallest absolute Gasteiger partial charge is 0.274 e. The Hall–Kier alpha value is -2.12. The van der Waals surface area contributed by atoms with Gasteiger partial charge in [0.25, 0.3) is 15.8 Å². The fourth-order valence-electron chi connectivity index (χ4n) is 3.64. The standard InChI is InChI=1S/C20H28N4O2S/c1-3-12-22-13-15-23(16-14-22)20-11-10-19(17-21-20)27(25,26)24(4-2)18-8-6-5-7-9-18/h5-11,17H,3-4,12-16H2,1-2H3/p+2. The quantitative estimate of drug-likeness (QED) is 0.762. The van der Waals surface area contributed by atoms with Gasteiger partial charge in [0, 0.05) is 12.6 Å². The van der Waals surface area contributed by atoms with Gasteiger partial charge in [0.1, 0.15) is 37.3 Å². The summed E-state index contributed by atoms with van der Waals surface area (Å²) < 4.78 is 27.5. The molecular weight excluding hydrogens is 360 g/mol. The number of pyridine rings is 1. The Bertz CT molecular complexity index is 817. The van der Waals surface area contributed by atoms with E-state index in [0.29, 0.717) is 12.2 Å². The van der Waals surface area contributed by atoms with E-state index in [2.05, 4.69) is 16.8 Å². The van der Waals surface area contributed by atoms with Crippen LogP contribution in [0.25, 0.3) is 0 Å². The van der Waals surface area contributed by atoms with Crippen LogP contribution < -0.4 is 19.1 Å². The van der Waals surface area contributed by atoms with E-state index in [-0.39, 0.29) is 4.90 Å². The van der Waals surface area contributed by atoms with Gasteiger partial charge in [-0.3, -0.25) is 9.21 Å². The van der Waals surface area contributed by atoms with E-state index in [1.165, 1.54) is 17.3 Å². The number of H-pyrrole nitrogens is 1. The number of anilines is 2. The summed E-state index contributed by atoms with van der Waals surface area (Å²) in [6, 6.07) is 12.8. The lowest BCUT2D eigenvalue weighted by Gasteiger charge is -2.28. The van der Waals surface area contributed by atoms with Crippen LogP contribution in [-0.2, 0) is 10.0 Å². The predicted octanol–water partition coefficient (Wildman–Crippen LogP) is 0.831. The topological polar surface area (TPSA) is 59.2 Å². The van der Waals surface area contributed by atoms with Crippen molar-refractivity contribution in [3.8, 4) is 0 Å². The molecule has 1 aromatic heterocycles. The van der Waals surface area contributed by atoms with Gasteiger partial charge < -0.3 is 4.90 Å². The number of nitrogens with one attached hydrogen (secondary N) is 2. The van der Waals surface area contributed by atoms with Crippen LogP contribution in [0.4, 0.5) is 11.5 Å². The third kappa shape index (κ3) is 4.42. The number of quaternary nitrogens is 1. The zero-order chi connectivity index (χ0) is 19.3. The average molecular weight is 391 g/mol. The number of piperazine rings is 1. The maximum absolute atomic E-state index is 13.1. The number of para-hydroxylation sites is 1. The highest BCUT2D eigenvalue weighted by molar-refractivity contribution is 7.92. The van der Waals surface area contributed by atoms with Gasteiger partial charge in [0.15, 0.2) is 0 Å². The van der Waals surface area contributed by atoms with Crippen LogP contribution in [0, 0.1) is 0 Å². The van der Waals surface area contributed by atoms with Crippen LogP contribution in [0.5, 0.6) is 0 Å². The Kier molecular flexibility index (Phi) is 6.34. The van der Waals surface area contributed by atoms with Crippen LogP contribution in [-0.4, -0.2) is 47.7 Å². The molecule has 0 unspecified atom stereocenters. The number of aromatic nitrogens is 1. The predicted molar refractivity (Wildman–Crippen MR) is 108 cm³/mol. The minimum absolute atomic E-state index is 0.284. The van der Waals surface area contributed by atoms with Gasteiger partial charge in [-0.2, -0.15) is 0 Å². The molecule has 27 heavy (non-hydrogen) atoms. The molecule has 1 aliphatic heterocycles. The lowest BCUT2D eigenvalue weighted by atomic mass is 10.3. The van der Waals surface area contributed by atoms with E-state index >= 15 is 0 Å². The zero-order valence-corrected chi connectivity index (χ0v) is 17.0. The maximum atomic E-state index is 13.1. The number of sulfonamides is 1. The van der Waals surface area contributed by atoms with Crippen molar-refractivity contribution in [2.24, 2.45) is 0 Å². The molecule has 1 fully saturated rings. The van der Waals surface area contributed by atoms with Gasteiger partial charge >= 0.3 is 0 Å². The summed E-state index contributed by atoms with van der Waals surface area (Å²) in [5, 5.41) is 0. The van der Waals surface area contributed by atoms with Crippen molar-refractivity contribution in [2.75, 3.05) is 48.5 Å². The minimum atomic E-state index is -3.59. The Balaban J connectivity index is 1.74. The summed E-state index contributed by atoms with van der Waals surface area (Å²) in [5.74, 6) is 0.979. The van der Waals surface area contributed by atoms with Gasteiger partial charge in [-0.25, -0.2) is 13.4 Å². The summed E-state index contributed by atoms with van der Waals surface area (Å²) in [7, 11) is -3.59. The Morgan fingerprint density at radius 1 is 1.07 bits per heavy atom. The number of benzene rings is 1. The Labute approximate surface area is 162 Å². The highest BCUT2D eigenvalue weighted by Gasteiger charge is 2.28. The SMILES string of the molecule is CCC[NH+]1CCN(c2ccc(S(=O)(=O)N(CC)c3ccccc3)c[nH+]2)CC1. The van der Waals surface area contributed by atoms with Gasteiger partial charge in [0.05, 0.1) is 12.2 Å². The fraction of sp³-hybridized carbons (Fsp3) is 0.450. The minimum Gasteiger partial charge on any atom is -0.328 e. The molecule has 146 valence electrons. The summed E-state index contributed by atoms with van der Waals surface area (Å²) in [4.78, 5) is 7.43. The molecule has 2 heterocycles. The van der Waals surface area contributed by atoms with E-state index in [1.807, 2.05) is 43.3 Å². The zero-order valence-electron chi connectivity index (χ0n) is 16.2. The van der Waals surface area contributed by atoms with Gasteiger partial charge in [0.2, 0.25) is 0 Å². The summed E-state index contributed by atoms with van der Waals surface area (Å²) >= 11 is 0. The Morgan fingerprint density at radius 2 is 1.78 bits per heavy atom. The van der Waals surface area contributed by atoms with Crippen LogP contribution in [0.3, 0.4) is 0 Å². The van der Waals surface area contributed by atoms with E-state index < -0.39 is 10.0 Å². The summed E-state index contributed by atoms with van der Waals surface area (Å²) in [6.45, 7) is 9.91. The molecule has 7 heteroatoms. The largest absolute Gasteiger partial charge is 0.328 e. The molecule has 0 radical (unpaired) electrons. The van der Waals surface area contributed by atoms with Crippen molar-refractivity contribution < 1.29 is 18.3 Å². The van der Waals surface area contributed by atoms with E-state index in [1.54, 1.807) is 17.2 Å². The Morgan fingerprint density at radius 3 is 2.33 bits per heavy atom. The van der Waals surface area contributed by atoms with Crippen molar-refractivity contribution >= 4 is 21.5 Å². The molecule has 0 saturated carbocycles. The second-order valence-corrected chi connectivity index (χ2v) is 8.76. The molecule has 2 N–H and O–H groups in total. The number of hydrogen-bond acceptors (Lipinski definition) is 3. The fourth-order valence-corrected chi connectivity index (χ4v) is 5.08. The van der Waals surface area contributed by atoms with E-state index in [4.69, 9.17) is 0 Å². The molecule has 2 aromatic rings. The van der Waals surface area contributed by atoms with Crippen molar-refractivity contribution in [1.29, 1.82) is 0 Å². The molecule has 3 rings (SSSR count). The molecule has 1 aromatic carbocycles. The van der Waals surface area contributed by atoms with E-state index in [0.717, 1.165) is 32.0 Å². The molecule has 0 atom stereocenters. The normalized spacial score (nSPS) is 15.7. The second kappa shape index (κ2) is 8.71. The first-order chi connectivity index (χ1) is 13.1. The number of aromatic amines is 1. The number of hydrogen-bond donors (Lipinski definition) is 1. The molecule has 6 nitrogen and oxygen atoms in total. The highest BCUT2D eigenvalue weighted by Crippen LogP contribution is 2.23. The molecule has 0 aliphatic carbocycles. The molecule has 1 aliphatic rings. The molecule has 0 bridgehead atoms. The van der Waals surface area contributed by atoms with Crippen LogP contribution >= 0.6 is 0 Å². The molecule has 0 amide bonds. The first-order valence-corrected chi connectivity index (χ1v) is 11.2. The van der Waals surface area contributed by atoms with Crippen molar-refractivity contribution in [1.82, 2.24) is 0 Å². The van der Waals surface area contributed by atoms with Crippen molar-refractivity contribution in [3.63, 3.8) is 0 Å². The number of rotatable bonds is 7. The van der Waals surface area contributed by atoms with Gasteiger partial charge in [-0.1, -0.05) is 25.1 Å². The maximum Gasteiger partial charge on any atom is 0.274 e. The van der Waals surface area contributed by atoms with Crippen LogP contribution in [0.2, 0.25) is 0 Å². The van der Waals surface area contributed by atoms with E-state index in [9.17, 15) is 8.42 Å². The van der Waals surface area contributed by atoms with Gasteiger partial charge in [-0.15, -0.1) is 0 Å². The highest BCUT2D eigenvalue weighted by atomic mass is 32.2. The van der Waals surface area contributed by atoms with Crippen molar-refractivity contribution in [3.05, 3.63) is 48.7 Å². The second-order valence-electron chi connectivity index (χ2n) is 6.90. The lowest BCUT2D eigenvalue weighted by molar-refractivity contribution is -0.900. The number of nitrogens with zero attached hydrogens (tertiary/aromatic N) is 2. The third-order valence-electron chi connectivity index (χ3n) is 5.10. The first-order valence-electron chi connectivity index (χ1n) is 9.74. The van der Waals surface area contributed by atoms with Crippen LogP contribution in [0.15, 0.2) is 53.6 Å². The lowest BCUT2D eigenvalue weighted by Crippen LogP contribution is -3.14. The summed E-state index contributed by atoms with van der Waals surface area (Å²) in [6.07, 6.45) is 2.82. The monoisotopic (exact) mass is 390 g/mol. The molecule has 1 saturated heterocycles.